The Balaban J connectivity index is 1.54. The second-order valence-electron chi connectivity index (χ2n) is 6.71. The number of halogens is 1. The second kappa shape index (κ2) is 8.29. The number of para-hydroxylation sites is 1. The van der Waals surface area contributed by atoms with Crippen LogP contribution in [0.5, 0.6) is 0 Å². The number of benzene rings is 3. The van der Waals surface area contributed by atoms with Crippen molar-refractivity contribution in [3.63, 3.8) is 0 Å². The van der Waals surface area contributed by atoms with Crippen molar-refractivity contribution in [3.05, 3.63) is 106 Å². The Kier molecular flexibility index (Phi) is 5.40. The van der Waals surface area contributed by atoms with Gasteiger partial charge in [-0.3, -0.25) is 14.2 Å². The van der Waals surface area contributed by atoms with E-state index in [1.54, 1.807) is 18.2 Å². The van der Waals surface area contributed by atoms with E-state index in [0.29, 0.717) is 22.3 Å². The first-order valence-corrected chi connectivity index (χ1v) is 9.54. The molecule has 0 spiro atoms. The van der Waals surface area contributed by atoms with Gasteiger partial charge in [0.05, 0.1) is 17.2 Å². The van der Waals surface area contributed by atoms with Crippen LogP contribution in [-0.2, 0) is 17.8 Å². The van der Waals surface area contributed by atoms with E-state index >= 15 is 0 Å². The number of anilines is 1. The van der Waals surface area contributed by atoms with Gasteiger partial charge in [0.2, 0.25) is 5.91 Å². The molecule has 5 nitrogen and oxygen atoms in total. The molecular formula is C23H18ClN3O2. The fourth-order valence-corrected chi connectivity index (χ4v) is 3.37. The number of fused-ring (bicyclic) bond motifs is 1. The fourth-order valence-electron chi connectivity index (χ4n) is 3.20. The number of hydrogen-bond donors (Lipinski definition) is 1. The highest BCUT2D eigenvalue weighted by molar-refractivity contribution is 6.31. The zero-order valence-corrected chi connectivity index (χ0v) is 16.3. The molecule has 0 aliphatic carbocycles. The normalized spacial score (nSPS) is 10.8. The van der Waals surface area contributed by atoms with E-state index in [-0.39, 0.29) is 18.0 Å². The number of nitrogens with zero attached hydrogens (tertiary/aromatic N) is 2. The Bertz CT molecular complexity index is 1240. The van der Waals surface area contributed by atoms with Crippen LogP contribution in [0.2, 0.25) is 5.02 Å². The van der Waals surface area contributed by atoms with Gasteiger partial charge in [-0.1, -0.05) is 60.1 Å². The average molecular weight is 404 g/mol. The SMILES string of the molecule is O=C(Cn1cnc2ccc(Cl)cc2c1=O)Nc1ccccc1Cc1ccccc1. The second-order valence-corrected chi connectivity index (χ2v) is 7.14. The summed E-state index contributed by atoms with van der Waals surface area (Å²) in [6.07, 6.45) is 2.08. The average Bonchev–Trinajstić information content (AvgIpc) is 2.73. The molecule has 1 amide bonds. The summed E-state index contributed by atoms with van der Waals surface area (Å²) in [6, 6.07) is 22.6. The molecule has 3 aromatic carbocycles. The molecule has 29 heavy (non-hydrogen) atoms. The Morgan fingerprint density at radius 2 is 1.76 bits per heavy atom. The summed E-state index contributed by atoms with van der Waals surface area (Å²) in [5.41, 5.74) is 3.13. The standard InChI is InChI=1S/C23H18ClN3O2/c24-18-10-11-21-19(13-18)23(29)27(15-25-21)14-22(28)26-20-9-5-4-8-17(20)12-16-6-2-1-3-7-16/h1-11,13,15H,12,14H2,(H,26,28). The topological polar surface area (TPSA) is 64.0 Å². The summed E-state index contributed by atoms with van der Waals surface area (Å²) in [4.78, 5) is 29.5. The van der Waals surface area contributed by atoms with Crippen LogP contribution in [0.1, 0.15) is 11.1 Å². The molecule has 4 rings (SSSR count). The maximum Gasteiger partial charge on any atom is 0.261 e. The smallest absolute Gasteiger partial charge is 0.261 e. The van der Waals surface area contributed by atoms with Gasteiger partial charge in [-0.05, 0) is 41.8 Å². The van der Waals surface area contributed by atoms with E-state index in [1.165, 1.54) is 10.9 Å². The van der Waals surface area contributed by atoms with Crippen LogP contribution in [0.15, 0.2) is 83.9 Å². The first-order valence-electron chi connectivity index (χ1n) is 9.16. The Morgan fingerprint density at radius 3 is 2.59 bits per heavy atom. The van der Waals surface area contributed by atoms with Crippen LogP contribution in [0, 0.1) is 0 Å². The van der Waals surface area contributed by atoms with Crippen molar-refractivity contribution in [1.82, 2.24) is 9.55 Å². The molecule has 1 N–H and O–H groups in total. The lowest BCUT2D eigenvalue weighted by Crippen LogP contribution is -2.28. The molecule has 0 unspecified atom stereocenters. The molecule has 0 bridgehead atoms. The van der Waals surface area contributed by atoms with Gasteiger partial charge in [-0.25, -0.2) is 4.98 Å². The van der Waals surface area contributed by atoms with Gasteiger partial charge in [0.15, 0.2) is 0 Å². The molecule has 0 fully saturated rings. The third-order valence-corrected chi connectivity index (χ3v) is 4.86. The number of aromatic nitrogens is 2. The summed E-state index contributed by atoms with van der Waals surface area (Å²) in [5, 5.41) is 3.75. The largest absolute Gasteiger partial charge is 0.324 e. The molecule has 0 saturated heterocycles. The van der Waals surface area contributed by atoms with E-state index < -0.39 is 0 Å². The van der Waals surface area contributed by atoms with Crippen molar-refractivity contribution in [2.45, 2.75) is 13.0 Å². The maximum atomic E-state index is 12.7. The van der Waals surface area contributed by atoms with E-state index in [4.69, 9.17) is 11.6 Å². The predicted octanol–water partition coefficient (Wildman–Crippen LogP) is 4.28. The Morgan fingerprint density at radius 1 is 1.00 bits per heavy atom. The van der Waals surface area contributed by atoms with E-state index in [1.807, 2.05) is 54.6 Å². The van der Waals surface area contributed by atoms with Crippen molar-refractivity contribution in [1.29, 1.82) is 0 Å². The van der Waals surface area contributed by atoms with Crippen molar-refractivity contribution in [2.24, 2.45) is 0 Å². The Hall–Kier alpha value is -3.44. The monoisotopic (exact) mass is 403 g/mol. The highest BCUT2D eigenvalue weighted by Crippen LogP contribution is 2.19. The molecule has 1 aromatic heterocycles. The maximum absolute atomic E-state index is 12.7. The molecular weight excluding hydrogens is 386 g/mol. The number of hydrogen-bond acceptors (Lipinski definition) is 3. The first kappa shape index (κ1) is 18.9. The van der Waals surface area contributed by atoms with Gasteiger partial charge < -0.3 is 5.32 Å². The van der Waals surface area contributed by atoms with Gasteiger partial charge >= 0.3 is 0 Å². The molecule has 0 aliphatic heterocycles. The lowest BCUT2D eigenvalue weighted by molar-refractivity contribution is -0.116. The van der Waals surface area contributed by atoms with Crippen LogP contribution in [0.4, 0.5) is 5.69 Å². The molecule has 6 heteroatoms. The minimum Gasteiger partial charge on any atom is -0.324 e. The van der Waals surface area contributed by atoms with Crippen molar-refractivity contribution in [3.8, 4) is 0 Å². The third-order valence-electron chi connectivity index (χ3n) is 4.63. The van der Waals surface area contributed by atoms with Gasteiger partial charge in [-0.15, -0.1) is 0 Å². The van der Waals surface area contributed by atoms with Gasteiger partial charge in [0.25, 0.3) is 5.56 Å². The minimum atomic E-state index is -0.301. The number of carbonyl (C=O) groups excluding carboxylic acids is 1. The lowest BCUT2D eigenvalue weighted by Gasteiger charge is -2.12. The molecule has 1 heterocycles. The van der Waals surface area contributed by atoms with Crippen molar-refractivity contribution < 1.29 is 4.79 Å². The number of nitrogens with one attached hydrogen (secondary N) is 1. The number of amides is 1. The van der Waals surface area contributed by atoms with Crippen LogP contribution in [-0.4, -0.2) is 15.5 Å². The Labute approximate surface area is 172 Å². The zero-order chi connectivity index (χ0) is 20.2. The lowest BCUT2D eigenvalue weighted by atomic mass is 10.0. The molecule has 0 atom stereocenters. The number of carbonyl (C=O) groups is 1. The highest BCUT2D eigenvalue weighted by atomic mass is 35.5. The predicted molar refractivity (Wildman–Crippen MR) is 115 cm³/mol. The molecule has 0 aliphatic rings. The van der Waals surface area contributed by atoms with Gasteiger partial charge in [-0.2, -0.15) is 0 Å². The van der Waals surface area contributed by atoms with E-state index in [2.05, 4.69) is 10.3 Å². The van der Waals surface area contributed by atoms with Crippen LogP contribution < -0.4 is 10.9 Å². The third kappa shape index (κ3) is 4.36. The fraction of sp³-hybridized carbons (Fsp3) is 0.0870. The van der Waals surface area contributed by atoms with E-state index in [0.717, 1.165) is 16.8 Å². The molecule has 0 saturated carbocycles. The zero-order valence-electron chi connectivity index (χ0n) is 15.5. The molecule has 144 valence electrons. The highest BCUT2D eigenvalue weighted by Gasteiger charge is 2.11. The minimum absolute atomic E-state index is 0.131. The summed E-state index contributed by atoms with van der Waals surface area (Å²) in [5.74, 6) is -0.296. The molecule has 4 aromatic rings. The van der Waals surface area contributed by atoms with Crippen molar-refractivity contribution in [2.75, 3.05) is 5.32 Å². The summed E-state index contributed by atoms with van der Waals surface area (Å²) in [6.45, 7) is -0.131. The van der Waals surface area contributed by atoms with Crippen LogP contribution in [0.3, 0.4) is 0 Å². The quantitative estimate of drug-likeness (QED) is 0.541. The van der Waals surface area contributed by atoms with Gasteiger partial charge in [0.1, 0.15) is 6.54 Å². The first-order chi connectivity index (χ1) is 14.1. The van der Waals surface area contributed by atoms with E-state index in [9.17, 15) is 9.59 Å². The van der Waals surface area contributed by atoms with Crippen molar-refractivity contribution >= 4 is 34.1 Å². The van der Waals surface area contributed by atoms with Gasteiger partial charge in [0, 0.05) is 10.7 Å². The summed E-state index contributed by atoms with van der Waals surface area (Å²) in [7, 11) is 0. The summed E-state index contributed by atoms with van der Waals surface area (Å²) >= 11 is 5.98. The summed E-state index contributed by atoms with van der Waals surface area (Å²) < 4.78 is 1.29. The van der Waals surface area contributed by atoms with Crippen LogP contribution in [0.25, 0.3) is 10.9 Å². The number of rotatable bonds is 5. The van der Waals surface area contributed by atoms with Crippen LogP contribution >= 0.6 is 11.6 Å². The molecule has 0 radical (unpaired) electrons.